The highest BCUT2D eigenvalue weighted by atomic mass is 35.5. The number of fused-ring (bicyclic) bond motifs is 1. The summed E-state index contributed by atoms with van der Waals surface area (Å²) in [5, 5.41) is 0.680. The maximum Gasteiger partial charge on any atom is 0.325 e. The molecular weight excluding hydrogens is 354 g/mol. The molecule has 0 amide bonds. The molecule has 0 saturated heterocycles. The second-order valence-corrected chi connectivity index (χ2v) is 6.67. The van der Waals surface area contributed by atoms with Gasteiger partial charge in [-0.05, 0) is 24.3 Å². The number of H-pyrrole nitrogens is 2. The standard InChI is InChI=1S/C18H16ClN5O2/c19-14-3-1-11(2-4-14)16-20-7-12-9-24(6-5-15(12)22-16)10-13-8-21-18(26)23-17(13)25/h1-4,7-8H,5-6,9-10H2,(H2,21,23,25,26). The molecule has 8 heteroatoms. The molecule has 0 radical (unpaired) electrons. The topological polar surface area (TPSA) is 94.7 Å². The molecule has 0 saturated carbocycles. The van der Waals surface area contributed by atoms with E-state index in [4.69, 9.17) is 11.6 Å². The highest BCUT2D eigenvalue weighted by molar-refractivity contribution is 6.30. The van der Waals surface area contributed by atoms with Crippen molar-refractivity contribution in [1.29, 1.82) is 0 Å². The van der Waals surface area contributed by atoms with Crippen LogP contribution in [0.25, 0.3) is 11.4 Å². The maximum absolute atomic E-state index is 11.8. The lowest BCUT2D eigenvalue weighted by molar-refractivity contribution is 0.241. The molecule has 2 N–H and O–H groups in total. The van der Waals surface area contributed by atoms with Crippen molar-refractivity contribution in [2.45, 2.75) is 19.5 Å². The summed E-state index contributed by atoms with van der Waals surface area (Å²) in [5.74, 6) is 0.686. The largest absolute Gasteiger partial charge is 0.325 e. The van der Waals surface area contributed by atoms with Crippen LogP contribution in [0, 0.1) is 0 Å². The quantitative estimate of drug-likeness (QED) is 0.733. The van der Waals surface area contributed by atoms with Crippen molar-refractivity contribution in [2.24, 2.45) is 0 Å². The van der Waals surface area contributed by atoms with Crippen molar-refractivity contribution in [3.63, 3.8) is 0 Å². The van der Waals surface area contributed by atoms with Crippen LogP contribution in [0.15, 0.2) is 46.2 Å². The minimum atomic E-state index is -0.495. The van der Waals surface area contributed by atoms with Crippen molar-refractivity contribution >= 4 is 11.6 Å². The van der Waals surface area contributed by atoms with Gasteiger partial charge in [0.25, 0.3) is 5.56 Å². The highest BCUT2D eigenvalue weighted by Gasteiger charge is 2.19. The summed E-state index contributed by atoms with van der Waals surface area (Å²) >= 11 is 5.93. The van der Waals surface area contributed by atoms with Gasteiger partial charge < -0.3 is 4.98 Å². The smallest absolute Gasteiger partial charge is 0.314 e. The Kier molecular flexibility index (Phi) is 4.40. The summed E-state index contributed by atoms with van der Waals surface area (Å²) in [6, 6.07) is 7.45. The van der Waals surface area contributed by atoms with Crippen molar-refractivity contribution in [1.82, 2.24) is 24.8 Å². The van der Waals surface area contributed by atoms with Crippen molar-refractivity contribution in [2.75, 3.05) is 6.54 Å². The molecule has 26 heavy (non-hydrogen) atoms. The fourth-order valence-electron chi connectivity index (χ4n) is 3.04. The second-order valence-electron chi connectivity index (χ2n) is 6.23. The predicted octanol–water partition coefficient (Wildman–Crippen LogP) is 1.73. The fraction of sp³-hybridized carbons (Fsp3) is 0.222. The number of nitrogens with one attached hydrogen (secondary N) is 2. The molecule has 0 atom stereocenters. The number of halogens is 1. The molecule has 0 fully saturated rings. The van der Waals surface area contributed by atoms with Gasteiger partial charge in [-0.15, -0.1) is 0 Å². The molecule has 0 aliphatic carbocycles. The maximum atomic E-state index is 11.8. The molecule has 0 unspecified atom stereocenters. The first-order valence-electron chi connectivity index (χ1n) is 8.22. The average Bonchev–Trinajstić information content (AvgIpc) is 2.64. The Morgan fingerprint density at radius 1 is 1.19 bits per heavy atom. The molecule has 1 aromatic carbocycles. The van der Waals surface area contributed by atoms with Crippen LogP contribution in [0.5, 0.6) is 0 Å². The zero-order valence-corrected chi connectivity index (χ0v) is 14.6. The lowest BCUT2D eigenvalue weighted by Crippen LogP contribution is -2.34. The summed E-state index contributed by atoms with van der Waals surface area (Å²) in [4.78, 5) is 39.0. The number of benzene rings is 1. The zero-order chi connectivity index (χ0) is 18.1. The normalized spacial score (nSPS) is 14.2. The summed E-state index contributed by atoms with van der Waals surface area (Å²) < 4.78 is 0. The van der Waals surface area contributed by atoms with Gasteiger partial charge in [0.1, 0.15) is 0 Å². The number of aromatic amines is 2. The van der Waals surface area contributed by atoms with Crippen LogP contribution in [0.1, 0.15) is 16.8 Å². The van der Waals surface area contributed by atoms with E-state index in [0.717, 1.165) is 29.8 Å². The van der Waals surface area contributed by atoms with E-state index in [9.17, 15) is 9.59 Å². The molecule has 132 valence electrons. The number of aromatic nitrogens is 4. The molecule has 1 aliphatic heterocycles. The minimum Gasteiger partial charge on any atom is -0.314 e. The van der Waals surface area contributed by atoms with E-state index in [1.54, 1.807) is 0 Å². The molecule has 1 aliphatic rings. The monoisotopic (exact) mass is 369 g/mol. The van der Waals surface area contributed by atoms with E-state index in [-0.39, 0.29) is 5.56 Å². The summed E-state index contributed by atoms with van der Waals surface area (Å²) in [6.45, 7) is 1.90. The summed E-state index contributed by atoms with van der Waals surface area (Å²) in [6.07, 6.45) is 4.09. The third-order valence-corrected chi connectivity index (χ3v) is 4.66. The van der Waals surface area contributed by atoms with E-state index in [0.29, 0.717) is 29.5 Å². The third kappa shape index (κ3) is 3.44. The number of nitrogens with zero attached hydrogens (tertiary/aromatic N) is 3. The molecule has 0 spiro atoms. The molecule has 3 aromatic rings. The number of hydrogen-bond acceptors (Lipinski definition) is 5. The van der Waals surface area contributed by atoms with Gasteiger partial charge in [0.05, 0.1) is 5.69 Å². The van der Waals surface area contributed by atoms with Crippen LogP contribution in [0.3, 0.4) is 0 Å². The van der Waals surface area contributed by atoms with Crippen LogP contribution in [0.2, 0.25) is 5.02 Å². The summed E-state index contributed by atoms with van der Waals surface area (Å²) in [5.41, 5.74) is 2.69. The van der Waals surface area contributed by atoms with Crippen LogP contribution in [-0.4, -0.2) is 31.4 Å². The van der Waals surface area contributed by atoms with Gasteiger partial charge in [0, 0.05) is 60.2 Å². The Hall–Kier alpha value is -2.77. The predicted molar refractivity (Wildman–Crippen MR) is 98.0 cm³/mol. The van der Waals surface area contributed by atoms with E-state index in [1.165, 1.54) is 6.20 Å². The molecule has 0 bridgehead atoms. The Labute approximate surface area is 153 Å². The first kappa shape index (κ1) is 16.7. The highest BCUT2D eigenvalue weighted by Crippen LogP contribution is 2.22. The third-order valence-electron chi connectivity index (χ3n) is 4.41. The van der Waals surface area contributed by atoms with E-state index < -0.39 is 5.69 Å². The lowest BCUT2D eigenvalue weighted by atomic mass is 10.1. The van der Waals surface area contributed by atoms with Crippen LogP contribution < -0.4 is 11.2 Å². The van der Waals surface area contributed by atoms with E-state index in [1.807, 2.05) is 30.5 Å². The lowest BCUT2D eigenvalue weighted by Gasteiger charge is -2.27. The summed E-state index contributed by atoms with van der Waals surface area (Å²) in [7, 11) is 0. The first-order chi connectivity index (χ1) is 12.6. The van der Waals surface area contributed by atoms with E-state index >= 15 is 0 Å². The molecular formula is C18H16ClN5O2. The number of hydrogen-bond donors (Lipinski definition) is 2. The van der Waals surface area contributed by atoms with Gasteiger partial charge in [-0.25, -0.2) is 14.8 Å². The van der Waals surface area contributed by atoms with Crippen LogP contribution in [-0.2, 0) is 19.5 Å². The van der Waals surface area contributed by atoms with Gasteiger partial charge in [0.15, 0.2) is 5.82 Å². The van der Waals surface area contributed by atoms with Gasteiger partial charge in [0.2, 0.25) is 0 Å². The SMILES string of the molecule is O=c1[nH]cc(CN2CCc3nc(-c4ccc(Cl)cc4)ncc3C2)c(=O)[nH]1. The molecule has 7 nitrogen and oxygen atoms in total. The van der Waals surface area contributed by atoms with Gasteiger partial charge in [-0.2, -0.15) is 0 Å². The van der Waals surface area contributed by atoms with Crippen molar-refractivity contribution in [3.8, 4) is 11.4 Å². The Morgan fingerprint density at radius 3 is 2.77 bits per heavy atom. The Balaban J connectivity index is 1.53. The Morgan fingerprint density at radius 2 is 2.00 bits per heavy atom. The van der Waals surface area contributed by atoms with E-state index in [2.05, 4.69) is 24.8 Å². The van der Waals surface area contributed by atoms with Crippen LogP contribution >= 0.6 is 11.6 Å². The fourth-order valence-corrected chi connectivity index (χ4v) is 3.17. The van der Waals surface area contributed by atoms with Gasteiger partial charge in [-0.1, -0.05) is 11.6 Å². The van der Waals surface area contributed by atoms with Crippen molar-refractivity contribution in [3.05, 3.63) is 79.3 Å². The molecule has 2 aromatic heterocycles. The Bertz CT molecular complexity index is 1060. The minimum absolute atomic E-state index is 0.353. The number of rotatable bonds is 3. The second kappa shape index (κ2) is 6.86. The van der Waals surface area contributed by atoms with Gasteiger partial charge >= 0.3 is 5.69 Å². The zero-order valence-electron chi connectivity index (χ0n) is 13.8. The first-order valence-corrected chi connectivity index (χ1v) is 8.60. The average molecular weight is 370 g/mol. The molecule has 3 heterocycles. The van der Waals surface area contributed by atoms with Crippen molar-refractivity contribution < 1.29 is 0 Å². The van der Waals surface area contributed by atoms with Gasteiger partial charge in [-0.3, -0.25) is 14.7 Å². The van der Waals surface area contributed by atoms with Crippen LogP contribution in [0.4, 0.5) is 0 Å². The molecule has 4 rings (SSSR count).